The normalized spacial score (nSPS) is 14.0. The summed E-state index contributed by atoms with van der Waals surface area (Å²) in [4.78, 5) is 30.3. The molecule has 1 fully saturated rings. The number of nitrogens with one attached hydrogen (secondary N) is 1. The van der Waals surface area contributed by atoms with Crippen LogP contribution >= 0.6 is 23.2 Å². The van der Waals surface area contributed by atoms with Gasteiger partial charge in [0.05, 0.1) is 10.6 Å². The minimum absolute atomic E-state index is 0.00802. The molecule has 0 heterocycles. The van der Waals surface area contributed by atoms with Crippen LogP contribution in [0, 0.1) is 0 Å². The van der Waals surface area contributed by atoms with Gasteiger partial charge in [0.25, 0.3) is 10.0 Å². The Bertz CT molecular complexity index is 1740. The summed E-state index contributed by atoms with van der Waals surface area (Å²) in [5.41, 5.74) is 2.69. The predicted octanol–water partition coefficient (Wildman–Crippen LogP) is 7.45. The zero-order valence-electron chi connectivity index (χ0n) is 26.3. The number of carbonyl (C=O) groups excluding carboxylic acids is 2. The van der Waals surface area contributed by atoms with Crippen LogP contribution in [0.2, 0.25) is 10.0 Å². The van der Waals surface area contributed by atoms with Crippen LogP contribution < -0.4 is 9.62 Å². The van der Waals surface area contributed by atoms with Crippen molar-refractivity contribution >= 4 is 50.7 Å². The van der Waals surface area contributed by atoms with Gasteiger partial charge in [-0.2, -0.15) is 0 Å². The van der Waals surface area contributed by atoms with Crippen molar-refractivity contribution in [1.29, 1.82) is 0 Å². The van der Waals surface area contributed by atoms with Crippen LogP contribution in [0.3, 0.4) is 0 Å². The highest BCUT2D eigenvalue weighted by Gasteiger charge is 2.36. The number of aryl methyl sites for hydroxylation is 1. The maximum absolute atomic E-state index is 14.7. The van der Waals surface area contributed by atoms with Gasteiger partial charge in [-0.3, -0.25) is 13.9 Å². The molecule has 0 aliphatic heterocycles. The molecule has 4 aromatic carbocycles. The average Bonchev–Trinajstić information content (AvgIpc) is 3.60. The topological polar surface area (TPSA) is 86.8 Å². The number of nitrogens with zero attached hydrogens (tertiary/aromatic N) is 2. The quantitative estimate of drug-likeness (QED) is 0.158. The van der Waals surface area contributed by atoms with Crippen molar-refractivity contribution < 1.29 is 18.0 Å². The third-order valence-electron chi connectivity index (χ3n) is 8.61. The second-order valence-corrected chi connectivity index (χ2v) is 14.4. The summed E-state index contributed by atoms with van der Waals surface area (Å²) in [5.74, 6) is -0.871. The van der Waals surface area contributed by atoms with Crippen LogP contribution in [0.25, 0.3) is 0 Å². The molecule has 1 saturated carbocycles. The maximum atomic E-state index is 14.7. The SMILES string of the molecule is CCc1ccc(N(CC(=O)N(Cc2c(Cl)cccc2Cl)[C@@H](Cc2ccccc2)C(=O)NC2CCCC2)S(=O)(=O)c2ccccc2)cc1. The number of amides is 2. The Labute approximate surface area is 287 Å². The lowest BCUT2D eigenvalue weighted by atomic mass is 10.0. The first-order valence-corrected chi connectivity index (χ1v) is 18.1. The lowest BCUT2D eigenvalue weighted by molar-refractivity contribution is -0.140. The summed E-state index contributed by atoms with van der Waals surface area (Å²) < 4.78 is 29.5. The summed E-state index contributed by atoms with van der Waals surface area (Å²) in [6, 6.07) is 28.7. The third kappa shape index (κ3) is 8.55. The highest BCUT2D eigenvalue weighted by molar-refractivity contribution is 7.92. The van der Waals surface area contributed by atoms with Gasteiger partial charge in [-0.25, -0.2) is 8.42 Å². The molecule has 1 atom stereocenters. The largest absolute Gasteiger partial charge is 0.352 e. The van der Waals surface area contributed by atoms with Gasteiger partial charge in [0, 0.05) is 34.6 Å². The van der Waals surface area contributed by atoms with Crippen molar-refractivity contribution in [2.45, 2.75) is 69.0 Å². The van der Waals surface area contributed by atoms with E-state index in [-0.39, 0.29) is 29.8 Å². The smallest absolute Gasteiger partial charge is 0.264 e. The number of halogens is 2. The molecule has 10 heteroatoms. The van der Waals surface area contributed by atoms with Crippen molar-refractivity contribution in [1.82, 2.24) is 10.2 Å². The van der Waals surface area contributed by atoms with Gasteiger partial charge in [-0.05, 0) is 66.8 Å². The zero-order chi connectivity index (χ0) is 33.4. The van der Waals surface area contributed by atoms with E-state index in [0.29, 0.717) is 21.3 Å². The van der Waals surface area contributed by atoms with Crippen LogP contribution in [0.15, 0.2) is 108 Å². The lowest BCUT2D eigenvalue weighted by Crippen LogP contribution is -2.54. The van der Waals surface area contributed by atoms with Gasteiger partial charge in [0.2, 0.25) is 11.8 Å². The van der Waals surface area contributed by atoms with Crippen molar-refractivity contribution in [3.05, 3.63) is 130 Å². The van der Waals surface area contributed by atoms with E-state index in [1.54, 1.807) is 48.5 Å². The highest BCUT2D eigenvalue weighted by atomic mass is 35.5. The van der Waals surface area contributed by atoms with Gasteiger partial charge in [-0.15, -0.1) is 0 Å². The molecule has 246 valence electrons. The van der Waals surface area contributed by atoms with Crippen LogP contribution in [0.4, 0.5) is 5.69 Å². The molecule has 0 aromatic heterocycles. The van der Waals surface area contributed by atoms with E-state index in [1.165, 1.54) is 17.0 Å². The fraction of sp³-hybridized carbons (Fsp3) is 0.297. The van der Waals surface area contributed by atoms with E-state index in [2.05, 4.69) is 5.32 Å². The molecular formula is C37H39Cl2N3O4S. The Morgan fingerprint density at radius 3 is 2.00 bits per heavy atom. The number of rotatable bonds is 13. The maximum Gasteiger partial charge on any atom is 0.264 e. The predicted molar refractivity (Wildman–Crippen MR) is 188 cm³/mol. The van der Waals surface area contributed by atoms with Crippen molar-refractivity contribution in [2.75, 3.05) is 10.8 Å². The first kappa shape index (κ1) is 34.5. The number of sulfonamides is 1. The Morgan fingerprint density at radius 1 is 0.809 bits per heavy atom. The number of anilines is 1. The van der Waals surface area contributed by atoms with E-state index >= 15 is 0 Å². The Hall–Kier alpha value is -3.85. The minimum atomic E-state index is -4.18. The lowest BCUT2D eigenvalue weighted by Gasteiger charge is -2.34. The van der Waals surface area contributed by atoms with Gasteiger partial charge >= 0.3 is 0 Å². The van der Waals surface area contributed by atoms with Gasteiger partial charge < -0.3 is 10.2 Å². The number of carbonyl (C=O) groups is 2. The van der Waals surface area contributed by atoms with Crippen LogP contribution in [0.1, 0.15) is 49.3 Å². The molecule has 0 saturated heterocycles. The summed E-state index contributed by atoms with van der Waals surface area (Å²) in [5, 5.41) is 3.86. The molecule has 7 nitrogen and oxygen atoms in total. The third-order valence-corrected chi connectivity index (χ3v) is 11.1. The standard InChI is InChI=1S/C37H39Cl2N3O4S/c1-2-27-20-22-30(23-21-27)42(47(45,46)31-16-7-4-8-17-31)26-36(43)41(25-32-33(38)18-11-19-34(32)39)35(24-28-12-5-3-6-13-28)37(44)40-29-14-9-10-15-29/h3-8,11-13,16-23,29,35H,2,9-10,14-15,24-26H2,1H3,(H,40,44)/t35-/m0/s1. The van der Waals surface area contributed by atoms with E-state index < -0.39 is 28.5 Å². The van der Waals surface area contributed by atoms with Crippen molar-refractivity contribution in [3.8, 4) is 0 Å². The highest BCUT2D eigenvalue weighted by Crippen LogP contribution is 2.29. The molecule has 47 heavy (non-hydrogen) atoms. The zero-order valence-corrected chi connectivity index (χ0v) is 28.6. The van der Waals surface area contributed by atoms with E-state index in [0.717, 1.165) is 47.5 Å². The van der Waals surface area contributed by atoms with Crippen molar-refractivity contribution in [2.24, 2.45) is 0 Å². The summed E-state index contributed by atoms with van der Waals surface area (Å²) in [6.45, 7) is 1.37. The minimum Gasteiger partial charge on any atom is -0.352 e. The van der Waals surface area contributed by atoms with Crippen LogP contribution in [-0.4, -0.2) is 43.8 Å². The molecular weight excluding hydrogens is 653 g/mol. The molecule has 1 aliphatic rings. The molecule has 0 spiro atoms. The number of hydrogen-bond donors (Lipinski definition) is 1. The van der Waals surface area contributed by atoms with E-state index in [9.17, 15) is 18.0 Å². The second-order valence-electron chi connectivity index (χ2n) is 11.8. The van der Waals surface area contributed by atoms with Gasteiger partial charge in [0.1, 0.15) is 12.6 Å². The van der Waals surface area contributed by atoms with E-state index in [1.807, 2.05) is 49.4 Å². The van der Waals surface area contributed by atoms with E-state index in [4.69, 9.17) is 23.2 Å². The first-order valence-electron chi connectivity index (χ1n) is 15.9. The number of benzene rings is 4. The van der Waals surface area contributed by atoms with Gasteiger partial charge in [0.15, 0.2) is 0 Å². The summed E-state index contributed by atoms with van der Waals surface area (Å²) >= 11 is 13.2. The fourth-order valence-corrected chi connectivity index (χ4v) is 7.87. The Kier molecular flexibility index (Phi) is 11.6. The first-order chi connectivity index (χ1) is 22.7. The van der Waals surface area contributed by atoms with Crippen molar-refractivity contribution in [3.63, 3.8) is 0 Å². The Morgan fingerprint density at radius 2 is 1.40 bits per heavy atom. The molecule has 4 aromatic rings. The molecule has 1 N–H and O–H groups in total. The Balaban J connectivity index is 1.59. The summed E-state index contributed by atoms with van der Waals surface area (Å²) in [7, 11) is -4.18. The monoisotopic (exact) mass is 691 g/mol. The fourth-order valence-electron chi connectivity index (χ4n) is 5.92. The second kappa shape index (κ2) is 15.8. The molecule has 5 rings (SSSR count). The molecule has 0 bridgehead atoms. The molecule has 0 unspecified atom stereocenters. The molecule has 0 radical (unpaired) electrons. The summed E-state index contributed by atoms with van der Waals surface area (Å²) in [6.07, 6.45) is 4.76. The average molecular weight is 693 g/mol. The molecule has 1 aliphatic carbocycles. The van der Waals surface area contributed by atoms with Crippen LogP contribution in [0.5, 0.6) is 0 Å². The molecule has 2 amide bonds. The number of hydrogen-bond acceptors (Lipinski definition) is 4. The van der Waals surface area contributed by atoms with Crippen LogP contribution in [-0.2, 0) is 39.0 Å². The van der Waals surface area contributed by atoms with Gasteiger partial charge in [-0.1, -0.05) is 110 Å².